The number of aliphatic hydroxyl groups is 1. The summed E-state index contributed by atoms with van der Waals surface area (Å²) in [5.41, 5.74) is 1.71. The average Bonchev–Trinajstić information content (AvgIpc) is 2.38. The Balaban J connectivity index is 2.00. The molecule has 0 saturated carbocycles. The van der Waals surface area contributed by atoms with Crippen LogP contribution in [0, 0.1) is 0 Å². The highest BCUT2D eigenvalue weighted by Crippen LogP contribution is 2.26. The van der Waals surface area contributed by atoms with Gasteiger partial charge in [-0.1, -0.05) is 35.3 Å². The summed E-state index contributed by atoms with van der Waals surface area (Å²) in [6.45, 7) is 0.405. The monoisotopic (exact) mass is 359 g/mol. The maximum absolute atomic E-state index is 10.1. The van der Waals surface area contributed by atoms with E-state index < -0.39 is 6.10 Å². The van der Waals surface area contributed by atoms with Gasteiger partial charge in [-0.3, -0.25) is 0 Å². The van der Waals surface area contributed by atoms with Gasteiger partial charge < -0.3 is 10.4 Å². The molecule has 2 rings (SSSR count). The van der Waals surface area contributed by atoms with E-state index in [0.29, 0.717) is 16.6 Å². The third kappa shape index (κ3) is 4.11. The van der Waals surface area contributed by atoms with Crippen LogP contribution in [0.2, 0.25) is 10.0 Å². The molecule has 19 heavy (non-hydrogen) atoms. The second-order valence-electron chi connectivity index (χ2n) is 4.07. The summed E-state index contributed by atoms with van der Waals surface area (Å²) in [7, 11) is 0. The van der Waals surface area contributed by atoms with Crippen LogP contribution in [-0.4, -0.2) is 11.7 Å². The van der Waals surface area contributed by atoms with Gasteiger partial charge in [0, 0.05) is 26.8 Å². The van der Waals surface area contributed by atoms with Crippen LogP contribution in [0.3, 0.4) is 0 Å². The van der Waals surface area contributed by atoms with E-state index in [9.17, 15) is 5.11 Å². The molecule has 2 N–H and O–H groups in total. The van der Waals surface area contributed by atoms with E-state index in [4.69, 9.17) is 23.2 Å². The Hall–Kier alpha value is -0.740. The van der Waals surface area contributed by atoms with Gasteiger partial charge in [0.1, 0.15) is 0 Å². The maximum Gasteiger partial charge on any atom is 0.0962 e. The summed E-state index contributed by atoms with van der Waals surface area (Å²) < 4.78 is 0.864. The van der Waals surface area contributed by atoms with E-state index in [0.717, 1.165) is 15.7 Å². The zero-order chi connectivity index (χ0) is 13.8. The highest BCUT2D eigenvalue weighted by molar-refractivity contribution is 9.10. The molecule has 5 heteroatoms. The lowest BCUT2D eigenvalue weighted by molar-refractivity contribution is 0.191. The Morgan fingerprint density at radius 3 is 2.32 bits per heavy atom. The van der Waals surface area contributed by atoms with E-state index in [1.807, 2.05) is 18.2 Å². The number of aliphatic hydroxyl groups excluding tert-OH is 1. The molecule has 1 unspecified atom stereocenters. The average molecular weight is 361 g/mol. The minimum Gasteiger partial charge on any atom is -0.387 e. The van der Waals surface area contributed by atoms with Gasteiger partial charge in [-0.05, 0) is 51.8 Å². The molecule has 2 aromatic rings. The fraction of sp³-hybridized carbons (Fsp3) is 0.143. The van der Waals surface area contributed by atoms with Crippen molar-refractivity contribution in [3.05, 3.63) is 62.5 Å². The summed E-state index contributed by atoms with van der Waals surface area (Å²) >= 11 is 15.1. The normalized spacial score (nSPS) is 12.2. The smallest absolute Gasteiger partial charge is 0.0962 e. The summed E-state index contributed by atoms with van der Waals surface area (Å²) in [5.74, 6) is 0. The molecule has 100 valence electrons. The van der Waals surface area contributed by atoms with Crippen molar-refractivity contribution >= 4 is 44.8 Å². The first-order valence-electron chi connectivity index (χ1n) is 5.69. The molecule has 0 aliphatic rings. The predicted octanol–water partition coefficient (Wildman–Crippen LogP) is 4.90. The van der Waals surface area contributed by atoms with Crippen LogP contribution < -0.4 is 5.32 Å². The van der Waals surface area contributed by atoms with Gasteiger partial charge in [0.05, 0.1) is 6.10 Å². The number of halogens is 3. The highest BCUT2D eigenvalue weighted by atomic mass is 79.9. The molecule has 2 aromatic carbocycles. The van der Waals surface area contributed by atoms with Crippen LogP contribution in [0.25, 0.3) is 0 Å². The molecule has 0 aliphatic carbocycles. The Kier molecular flexibility index (Phi) is 5.11. The van der Waals surface area contributed by atoms with Crippen molar-refractivity contribution in [3.8, 4) is 0 Å². The Morgan fingerprint density at radius 2 is 1.68 bits per heavy atom. The minimum atomic E-state index is -0.597. The van der Waals surface area contributed by atoms with Crippen LogP contribution >= 0.6 is 39.1 Å². The van der Waals surface area contributed by atoms with Gasteiger partial charge in [0.25, 0.3) is 0 Å². The standard InChI is InChI=1S/C14H12BrCl2NO/c15-12-7-11(17)5-6-13(12)18-8-14(19)9-1-3-10(16)4-2-9/h1-7,14,18-19H,8H2. The van der Waals surface area contributed by atoms with Crippen molar-refractivity contribution in [2.45, 2.75) is 6.10 Å². The lowest BCUT2D eigenvalue weighted by atomic mass is 10.1. The van der Waals surface area contributed by atoms with Gasteiger partial charge >= 0.3 is 0 Å². The number of hydrogen-bond donors (Lipinski definition) is 2. The van der Waals surface area contributed by atoms with Crippen molar-refractivity contribution < 1.29 is 5.11 Å². The van der Waals surface area contributed by atoms with Crippen molar-refractivity contribution in [1.82, 2.24) is 0 Å². The molecule has 0 aromatic heterocycles. The molecule has 0 fully saturated rings. The minimum absolute atomic E-state index is 0.405. The Morgan fingerprint density at radius 1 is 1.05 bits per heavy atom. The molecule has 0 aliphatic heterocycles. The summed E-state index contributed by atoms with van der Waals surface area (Å²) in [6.07, 6.45) is -0.597. The zero-order valence-corrected chi connectivity index (χ0v) is 13.0. The van der Waals surface area contributed by atoms with E-state index >= 15 is 0 Å². The molecule has 0 amide bonds. The third-order valence-electron chi connectivity index (χ3n) is 2.67. The van der Waals surface area contributed by atoms with Crippen LogP contribution in [0.1, 0.15) is 11.7 Å². The van der Waals surface area contributed by atoms with Crippen LogP contribution in [-0.2, 0) is 0 Å². The molecule has 0 heterocycles. The number of nitrogens with one attached hydrogen (secondary N) is 1. The summed E-state index contributed by atoms with van der Waals surface area (Å²) in [6, 6.07) is 12.6. The predicted molar refractivity (Wildman–Crippen MR) is 84.1 cm³/mol. The molecular weight excluding hydrogens is 349 g/mol. The lowest BCUT2D eigenvalue weighted by Gasteiger charge is -2.14. The van der Waals surface area contributed by atoms with Crippen molar-refractivity contribution in [3.63, 3.8) is 0 Å². The molecule has 2 nitrogen and oxygen atoms in total. The van der Waals surface area contributed by atoms with E-state index in [-0.39, 0.29) is 0 Å². The van der Waals surface area contributed by atoms with Gasteiger partial charge in [0.2, 0.25) is 0 Å². The van der Waals surface area contributed by atoms with E-state index in [2.05, 4.69) is 21.2 Å². The number of anilines is 1. The Labute approximate surface area is 130 Å². The van der Waals surface area contributed by atoms with Gasteiger partial charge in [0.15, 0.2) is 0 Å². The van der Waals surface area contributed by atoms with Crippen molar-refractivity contribution in [1.29, 1.82) is 0 Å². The fourth-order valence-electron chi connectivity index (χ4n) is 1.64. The molecule has 1 atom stereocenters. The zero-order valence-electron chi connectivity index (χ0n) is 9.91. The third-order valence-corrected chi connectivity index (χ3v) is 3.81. The quantitative estimate of drug-likeness (QED) is 0.812. The largest absolute Gasteiger partial charge is 0.387 e. The topological polar surface area (TPSA) is 32.3 Å². The number of benzene rings is 2. The second kappa shape index (κ2) is 6.62. The maximum atomic E-state index is 10.1. The van der Waals surface area contributed by atoms with Crippen LogP contribution in [0.15, 0.2) is 46.9 Å². The highest BCUT2D eigenvalue weighted by Gasteiger charge is 2.08. The fourth-order valence-corrected chi connectivity index (χ4v) is 2.59. The molecule has 0 radical (unpaired) electrons. The molecule has 0 bridgehead atoms. The Bertz CT molecular complexity index is 560. The number of rotatable bonds is 4. The van der Waals surface area contributed by atoms with Gasteiger partial charge in [-0.2, -0.15) is 0 Å². The van der Waals surface area contributed by atoms with E-state index in [1.54, 1.807) is 24.3 Å². The second-order valence-corrected chi connectivity index (χ2v) is 5.80. The van der Waals surface area contributed by atoms with E-state index in [1.165, 1.54) is 0 Å². The van der Waals surface area contributed by atoms with Gasteiger partial charge in [-0.15, -0.1) is 0 Å². The molecule has 0 saturated heterocycles. The number of hydrogen-bond acceptors (Lipinski definition) is 2. The summed E-state index contributed by atoms with van der Waals surface area (Å²) in [5, 5.41) is 14.6. The first-order chi connectivity index (χ1) is 9.06. The van der Waals surface area contributed by atoms with Crippen molar-refractivity contribution in [2.75, 3.05) is 11.9 Å². The lowest BCUT2D eigenvalue weighted by Crippen LogP contribution is -2.12. The summed E-state index contributed by atoms with van der Waals surface area (Å²) in [4.78, 5) is 0. The molecular formula is C14H12BrCl2NO. The van der Waals surface area contributed by atoms with Crippen LogP contribution in [0.5, 0.6) is 0 Å². The first-order valence-corrected chi connectivity index (χ1v) is 7.23. The van der Waals surface area contributed by atoms with Gasteiger partial charge in [-0.25, -0.2) is 0 Å². The van der Waals surface area contributed by atoms with Crippen LogP contribution in [0.4, 0.5) is 5.69 Å². The molecule has 0 spiro atoms. The first kappa shape index (κ1) is 14.7. The van der Waals surface area contributed by atoms with Crippen molar-refractivity contribution in [2.24, 2.45) is 0 Å². The SMILES string of the molecule is OC(CNc1ccc(Cl)cc1Br)c1ccc(Cl)cc1.